The Balaban J connectivity index is 2.61. The molecule has 1 atom stereocenters. The Bertz CT molecular complexity index is 435. The van der Waals surface area contributed by atoms with E-state index in [2.05, 4.69) is 5.32 Å². The maximum absolute atomic E-state index is 13.5. The van der Waals surface area contributed by atoms with Crippen LogP contribution in [0.3, 0.4) is 0 Å². The smallest absolute Gasteiger partial charge is 0.225 e. The number of hydrogen-bond donors (Lipinski definition) is 2. The number of benzene rings is 1. The minimum Gasteiger partial charge on any atom is -0.494 e. The number of aliphatic hydroxyl groups is 1. The van der Waals surface area contributed by atoms with E-state index in [0.717, 1.165) is 0 Å². The monoisotopic (exact) mass is 269 g/mol. The average molecular weight is 269 g/mol. The van der Waals surface area contributed by atoms with Gasteiger partial charge in [-0.3, -0.25) is 4.79 Å². The predicted molar refractivity (Wildman–Crippen MR) is 70.2 cm³/mol. The van der Waals surface area contributed by atoms with E-state index in [4.69, 9.17) is 9.84 Å². The molecule has 1 aromatic carbocycles. The highest BCUT2D eigenvalue weighted by atomic mass is 19.1. The van der Waals surface area contributed by atoms with Crippen LogP contribution in [0.25, 0.3) is 0 Å². The Morgan fingerprint density at radius 3 is 2.63 bits per heavy atom. The Morgan fingerprint density at radius 1 is 1.47 bits per heavy atom. The standard InChI is InChI=1S/C14H20FNO3/c1-9(2)11(8-17)14(18)16-7-10-4-5-13(19-3)12(15)6-10/h4-6,9,11,17H,7-8H2,1-3H3,(H,16,18). The Labute approximate surface area is 112 Å². The second-order valence-electron chi connectivity index (χ2n) is 4.72. The molecule has 0 aliphatic carbocycles. The fourth-order valence-electron chi connectivity index (χ4n) is 1.74. The summed E-state index contributed by atoms with van der Waals surface area (Å²) in [5.41, 5.74) is 0.645. The molecule has 1 aromatic rings. The molecule has 0 fully saturated rings. The summed E-state index contributed by atoms with van der Waals surface area (Å²) in [6.45, 7) is 3.77. The van der Waals surface area contributed by atoms with Crippen molar-refractivity contribution in [1.82, 2.24) is 5.32 Å². The quantitative estimate of drug-likeness (QED) is 0.826. The highest BCUT2D eigenvalue weighted by molar-refractivity contribution is 5.78. The van der Waals surface area contributed by atoms with Crippen LogP contribution in [0.2, 0.25) is 0 Å². The van der Waals surface area contributed by atoms with Gasteiger partial charge < -0.3 is 15.2 Å². The van der Waals surface area contributed by atoms with E-state index in [1.165, 1.54) is 19.2 Å². The molecule has 1 rings (SSSR count). The number of amides is 1. The first-order chi connectivity index (χ1) is 8.99. The molecule has 0 aliphatic heterocycles. The van der Waals surface area contributed by atoms with Gasteiger partial charge >= 0.3 is 0 Å². The lowest BCUT2D eigenvalue weighted by Gasteiger charge is -2.17. The van der Waals surface area contributed by atoms with E-state index >= 15 is 0 Å². The fourth-order valence-corrected chi connectivity index (χ4v) is 1.74. The first-order valence-electron chi connectivity index (χ1n) is 6.20. The molecule has 0 radical (unpaired) electrons. The van der Waals surface area contributed by atoms with E-state index < -0.39 is 11.7 Å². The van der Waals surface area contributed by atoms with Crippen molar-refractivity contribution in [3.05, 3.63) is 29.6 Å². The zero-order chi connectivity index (χ0) is 14.4. The van der Waals surface area contributed by atoms with Crippen molar-refractivity contribution in [2.45, 2.75) is 20.4 Å². The van der Waals surface area contributed by atoms with Crippen LogP contribution in [-0.2, 0) is 11.3 Å². The third-order valence-electron chi connectivity index (χ3n) is 3.02. The lowest BCUT2D eigenvalue weighted by Crippen LogP contribution is -2.35. The molecule has 1 unspecified atom stereocenters. The van der Waals surface area contributed by atoms with Crippen LogP contribution in [0.5, 0.6) is 5.75 Å². The van der Waals surface area contributed by atoms with Crippen molar-refractivity contribution < 1.29 is 19.0 Å². The lowest BCUT2D eigenvalue weighted by atomic mass is 9.96. The fraction of sp³-hybridized carbons (Fsp3) is 0.500. The second-order valence-corrected chi connectivity index (χ2v) is 4.72. The first kappa shape index (κ1) is 15.4. The lowest BCUT2D eigenvalue weighted by molar-refractivity contribution is -0.127. The van der Waals surface area contributed by atoms with Gasteiger partial charge in [0.25, 0.3) is 0 Å². The van der Waals surface area contributed by atoms with Crippen LogP contribution in [0, 0.1) is 17.7 Å². The number of nitrogens with one attached hydrogen (secondary N) is 1. The molecule has 0 aromatic heterocycles. The number of rotatable bonds is 6. The summed E-state index contributed by atoms with van der Waals surface area (Å²) < 4.78 is 18.3. The van der Waals surface area contributed by atoms with Gasteiger partial charge in [0.15, 0.2) is 11.6 Å². The van der Waals surface area contributed by atoms with Gasteiger partial charge in [0.1, 0.15) is 0 Å². The van der Waals surface area contributed by atoms with Crippen LogP contribution >= 0.6 is 0 Å². The summed E-state index contributed by atoms with van der Waals surface area (Å²) >= 11 is 0. The third kappa shape index (κ3) is 4.21. The van der Waals surface area contributed by atoms with Gasteiger partial charge in [-0.2, -0.15) is 0 Å². The highest BCUT2D eigenvalue weighted by Crippen LogP contribution is 2.17. The molecule has 5 heteroatoms. The van der Waals surface area contributed by atoms with Crippen LogP contribution in [0.1, 0.15) is 19.4 Å². The molecule has 0 saturated carbocycles. The van der Waals surface area contributed by atoms with Crippen LogP contribution in [0.15, 0.2) is 18.2 Å². The molecule has 0 heterocycles. The van der Waals surface area contributed by atoms with Gasteiger partial charge in [0.05, 0.1) is 19.6 Å². The molecule has 0 saturated heterocycles. The molecule has 106 valence electrons. The first-order valence-corrected chi connectivity index (χ1v) is 6.20. The van der Waals surface area contributed by atoms with E-state index in [-0.39, 0.29) is 30.7 Å². The molecule has 0 bridgehead atoms. The van der Waals surface area contributed by atoms with Gasteiger partial charge in [0, 0.05) is 6.54 Å². The minimum atomic E-state index is -0.461. The predicted octanol–water partition coefficient (Wildman–Crippen LogP) is 1.71. The summed E-state index contributed by atoms with van der Waals surface area (Å²) in [6, 6.07) is 4.52. The Kier molecular flexibility index (Phi) is 5.76. The minimum absolute atomic E-state index is 0.0533. The normalized spacial score (nSPS) is 12.3. The number of hydrogen-bond acceptors (Lipinski definition) is 3. The molecule has 0 aliphatic rings. The van der Waals surface area contributed by atoms with Crippen molar-refractivity contribution in [3.8, 4) is 5.75 Å². The number of methoxy groups -OCH3 is 1. The topological polar surface area (TPSA) is 58.6 Å². The number of carbonyl (C=O) groups is 1. The zero-order valence-electron chi connectivity index (χ0n) is 11.4. The van der Waals surface area contributed by atoms with Crippen molar-refractivity contribution in [1.29, 1.82) is 0 Å². The van der Waals surface area contributed by atoms with Crippen LogP contribution in [0.4, 0.5) is 4.39 Å². The van der Waals surface area contributed by atoms with Crippen molar-refractivity contribution >= 4 is 5.91 Å². The molecule has 0 spiro atoms. The third-order valence-corrected chi connectivity index (χ3v) is 3.02. The zero-order valence-corrected chi connectivity index (χ0v) is 11.4. The summed E-state index contributed by atoms with van der Waals surface area (Å²) in [4.78, 5) is 11.8. The maximum Gasteiger partial charge on any atom is 0.225 e. The maximum atomic E-state index is 13.5. The number of carbonyl (C=O) groups excluding carboxylic acids is 1. The van der Waals surface area contributed by atoms with E-state index in [9.17, 15) is 9.18 Å². The molecular weight excluding hydrogens is 249 g/mol. The van der Waals surface area contributed by atoms with Gasteiger partial charge in [-0.25, -0.2) is 4.39 Å². The number of aliphatic hydroxyl groups excluding tert-OH is 1. The van der Waals surface area contributed by atoms with Crippen LogP contribution < -0.4 is 10.1 Å². The van der Waals surface area contributed by atoms with Gasteiger partial charge in [0.2, 0.25) is 5.91 Å². The second kappa shape index (κ2) is 7.09. The number of ether oxygens (including phenoxy) is 1. The van der Waals surface area contributed by atoms with Gasteiger partial charge in [-0.15, -0.1) is 0 Å². The van der Waals surface area contributed by atoms with Gasteiger partial charge in [-0.05, 0) is 23.6 Å². The summed E-state index contributed by atoms with van der Waals surface area (Å²) in [7, 11) is 1.40. The Morgan fingerprint density at radius 2 is 2.16 bits per heavy atom. The summed E-state index contributed by atoms with van der Waals surface area (Å²) in [5.74, 6) is -0.906. The molecule has 2 N–H and O–H groups in total. The summed E-state index contributed by atoms with van der Waals surface area (Å²) in [5, 5.41) is 11.8. The highest BCUT2D eigenvalue weighted by Gasteiger charge is 2.20. The van der Waals surface area contributed by atoms with Gasteiger partial charge in [-0.1, -0.05) is 19.9 Å². The van der Waals surface area contributed by atoms with Crippen molar-refractivity contribution in [2.75, 3.05) is 13.7 Å². The van der Waals surface area contributed by atoms with Crippen LogP contribution in [-0.4, -0.2) is 24.7 Å². The molecular formula is C14H20FNO3. The van der Waals surface area contributed by atoms with Crippen molar-refractivity contribution in [2.24, 2.45) is 11.8 Å². The molecule has 4 nitrogen and oxygen atoms in total. The average Bonchev–Trinajstić information content (AvgIpc) is 2.37. The van der Waals surface area contributed by atoms with Crippen molar-refractivity contribution in [3.63, 3.8) is 0 Å². The Hall–Kier alpha value is -1.62. The number of halogens is 1. The summed E-state index contributed by atoms with van der Waals surface area (Å²) in [6.07, 6.45) is 0. The molecule has 19 heavy (non-hydrogen) atoms. The largest absolute Gasteiger partial charge is 0.494 e. The molecule has 1 amide bonds. The SMILES string of the molecule is COc1ccc(CNC(=O)C(CO)C(C)C)cc1F. The van der Waals surface area contributed by atoms with E-state index in [1.54, 1.807) is 6.07 Å². The van der Waals surface area contributed by atoms with E-state index in [0.29, 0.717) is 5.56 Å². The van der Waals surface area contributed by atoms with E-state index in [1.807, 2.05) is 13.8 Å².